The number of aryl methyl sites for hydroxylation is 1. The van der Waals surface area contributed by atoms with E-state index in [0.29, 0.717) is 17.9 Å². The second kappa shape index (κ2) is 12.6. The Morgan fingerprint density at radius 3 is 2.21 bits per heavy atom. The summed E-state index contributed by atoms with van der Waals surface area (Å²) in [6, 6.07) is 14.6. The number of carbonyl (C=O) groups is 2. The lowest BCUT2D eigenvalue weighted by Gasteiger charge is -2.09. The molecule has 0 saturated carbocycles. The second-order valence-electron chi connectivity index (χ2n) is 7.00. The molecule has 0 aromatic heterocycles. The molecule has 5 heteroatoms. The van der Waals surface area contributed by atoms with Gasteiger partial charge in [0, 0.05) is 11.3 Å². The topological polar surface area (TPSA) is 64.6 Å². The Kier molecular flexibility index (Phi) is 9.76. The van der Waals surface area contributed by atoms with Crippen LogP contribution in [0, 0.1) is 0 Å². The Labute approximate surface area is 173 Å². The van der Waals surface area contributed by atoms with Gasteiger partial charge in [-0.2, -0.15) is 0 Å². The van der Waals surface area contributed by atoms with E-state index in [1.165, 1.54) is 12.0 Å². The molecular formula is C24H31NO4. The molecule has 0 atom stereocenters. The number of hydrogen-bond donors (Lipinski definition) is 1. The molecule has 0 spiro atoms. The van der Waals surface area contributed by atoms with Crippen LogP contribution >= 0.6 is 0 Å². The van der Waals surface area contributed by atoms with E-state index in [0.717, 1.165) is 37.8 Å². The van der Waals surface area contributed by atoms with Crippen molar-refractivity contribution in [2.45, 2.75) is 52.4 Å². The first-order chi connectivity index (χ1) is 14.1. The minimum absolute atomic E-state index is 0.137. The number of nitrogens with one attached hydrogen (secondary N) is 1. The molecule has 0 saturated heterocycles. The van der Waals surface area contributed by atoms with Crippen LogP contribution in [0.3, 0.4) is 0 Å². The van der Waals surface area contributed by atoms with E-state index in [2.05, 4.69) is 19.2 Å². The fourth-order valence-corrected chi connectivity index (χ4v) is 2.76. The van der Waals surface area contributed by atoms with E-state index in [1.54, 1.807) is 24.3 Å². The van der Waals surface area contributed by atoms with Gasteiger partial charge in [0.15, 0.2) is 6.61 Å². The molecule has 1 N–H and O–H groups in total. The number of benzene rings is 2. The minimum Gasteiger partial charge on any atom is -0.482 e. The molecule has 2 aromatic carbocycles. The van der Waals surface area contributed by atoms with Crippen molar-refractivity contribution in [3.63, 3.8) is 0 Å². The summed E-state index contributed by atoms with van der Waals surface area (Å²) < 4.78 is 10.5. The van der Waals surface area contributed by atoms with Crippen LogP contribution in [0.1, 0.15) is 61.9 Å². The number of carbonyl (C=O) groups excluding carboxylic acids is 2. The van der Waals surface area contributed by atoms with Gasteiger partial charge in [-0.25, -0.2) is 4.79 Å². The zero-order valence-electron chi connectivity index (χ0n) is 17.4. The van der Waals surface area contributed by atoms with Gasteiger partial charge < -0.3 is 14.8 Å². The molecule has 0 aliphatic carbocycles. The standard InChI is InChI=1S/C24H31NO4/c1-3-5-7-17-28-23(26)18-29-22-15-11-20(12-16-22)24(27)25-21-13-9-19(10-14-21)8-6-4-2/h9-16H,3-8,17-18H2,1-2H3,(H,25,27). The molecular weight excluding hydrogens is 366 g/mol. The zero-order chi connectivity index (χ0) is 20.9. The molecule has 29 heavy (non-hydrogen) atoms. The molecule has 2 rings (SSSR count). The average molecular weight is 398 g/mol. The van der Waals surface area contributed by atoms with Crippen LogP contribution in [-0.4, -0.2) is 25.1 Å². The Balaban J connectivity index is 1.78. The third kappa shape index (κ3) is 8.38. The normalized spacial score (nSPS) is 10.4. The molecule has 2 aromatic rings. The van der Waals surface area contributed by atoms with E-state index >= 15 is 0 Å². The van der Waals surface area contributed by atoms with Gasteiger partial charge in [0.1, 0.15) is 5.75 Å². The Morgan fingerprint density at radius 1 is 0.862 bits per heavy atom. The summed E-state index contributed by atoms with van der Waals surface area (Å²) in [5.74, 6) is -0.0502. The third-order valence-electron chi connectivity index (χ3n) is 4.51. The summed E-state index contributed by atoms with van der Waals surface area (Å²) in [6.45, 7) is 4.56. The molecule has 5 nitrogen and oxygen atoms in total. The largest absolute Gasteiger partial charge is 0.482 e. The van der Waals surface area contributed by atoms with E-state index < -0.39 is 0 Å². The molecule has 0 unspecified atom stereocenters. The van der Waals surface area contributed by atoms with E-state index in [1.807, 2.05) is 24.3 Å². The van der Waals surface area contributed by atoms with Gasteiger partial charge in [-0.3, -0.25) is 4.79 Å². The Hall–Kier alpha value is -2.82. The summed E-state index contributed by atoms with van der Waals surface area (Å²) in [7, 11) is 0. The van der Waals surface area contributed by atoms with Gasteiger partial charge in [-0.1, -0.05) is 45.2 Å². The first-order valence-corrected chi connectivity index (χ1v) is 10.4. The fourth-order valence-electron chi connectivity index (χ4n) is 2.76. The SMILES string of the molecule is CCCCCOC(=O)COc1ccc(C(=O)Nc2ccc(CCCC)cc2)cc1. The van der Waals surface area contributed by atoms with E-state index in [-0.39, 0.29) is 18.5 Å². The van der Waals surface area contributed by atoms with Crippen LogP contribution in [0.5, 0.6) is 5.75 Å². The van der Waals surface area contributed by atoms with Crippen LogP contribution in [0.15, 0.2) is 48.5 Å². The highest BCUT2D eigenvalue weighted by atomic mass is 16.6. The van der Waals surface area contributed by atoms with E-state index in [9.17, 15) is 9.59 Å². The van der Waals surface area contributed by atoms with Crippen LogP contribution < -0.4 is 10.1 Å². The van der Waals surface area contributed by atoms with Gasteiger partial charge in [-0.05, 0) is 61.2 Å². The minimum atomic E-state index is -0.384. The molecule has 0 aliphatic rings. The smallest absolute Gasteiger partial charge is 0.344 e. The maximum absolute atomic E-state index is 12.4. The van der Waals surface area contributed by atoms with Crippen molar-refractivity contribution in [2.75, 3.05) is 18.5 Å². The van der Waals surface area contributed by atoms with Crippen LogP contribution in [0.4, 0.5) is 5.69 Å². The quantitative estimate of drug-likeness (QED) is 0.385. The lowest BCUT2D eigenvalue weighted by Crippen LogP contribution is -2.15. The molecule has 0 aliphatic heterocycles. The van der Waals surface area contributed by atoms with Crippen LogP contribution in [0.2, 0.25) is 0 Å². The predicted octanol–water partition coefficient (Wildman–Crippen LogP) is 5.39. The average Bonchev–Trinajstić information content (AvgIpc) is 2.75. The Bertz CT molecular complexity index is 753. The number of anilines is 1. The monoisotopic (exact) mass is 397 g/mol. The second-order valence-corrected chi connectivity index (χ2v) is 7.00. The van der Waals surface area contributed by atoms with Gasteiger partial charge in [-0.15, -0.1) is 0 Å². The Morgan fingerprint density at radius 2 is 1.55 bits per heavy atom. The summed E-state index contributed by atoms with van der Waals surface area (Å²) in [6.07, 6.45) is 6.37. The van der Waals surface area contributed by atoms with Crippen molar-refractivity contribution < 1.29 is 19.1 Å². The highest BCUT2D eigenvalue weighted by molar-refractivity contribution is 6.04. The first-order valence-electron chi connectivity index (χ1n) is 10.4. The number of rotatable bonds is 12. The molecule has 0 radical (unpaired) electrons. The molecule has 156 valence electrons. The highest BCUT2D eigenvalue weighted by Crippen LogP contribution is 2.16. The van der Waals surface area contributed by atoms with E-state index in [4.69, 9.17) is 9.47 Å². The lowest BCUT2D eigenvalue weighted by molar-refractivity contribution is -0.146. The number of esters is 1. The maximum Gasteiger partial charge on any atom is 0.344 e. The predicted molar refractivity (Wildman–Crippen MR) is 115 cm³/mol. The fraction of sp³-hybridized carbons (Fsp3) is 0.417. The number of hydrogen-bond acceptors (Lipinski definition) is 4. The van der Waals surface area contributed by atoms with Crippen molar-refractivity contribution in [1.29, 1.82) is 0 Å². The van der Waals surface area contributed by atoms with Gasteiger partial charge in [0.2, 0.25) is 0 Å². The highest BCUT2D eigenvalue weighted by Gasteiger charge is 2.08. The van der Waals surface area contributed by atoms with Crippen LogP contribution in [0.25, 0.3) is 0 Å². The number of unbranched alkanes of at least 4 members (excludes halogenated alkanes) is 3. The van der Waals surface area contributed by atoms with Gasteiger partial charge in [0.25, 0.3) is 5.91 Å². The van der Waals surface area contributed by atoms with Crippen molar-refractivity contribution >= 4 is 17.6 Å². The maximum atomic E-state index is 12.4. The summed E-state index contributed by atoms with van der Waals surface area (Å²) in [4.78, 5) is 24.0. The van der Waals surface area contributed by atoms with Gasteiger partial charge >= 0.3 is 5.97 Å². The summed E-state index contributed by atoms with van der Waals surface area (Å²) in [5, 5.41) is 2.89. The molecule has 0 bridgehead atoms. The lowest BCUT2D eigenvalue weighted by atomic mass is 10.1. The number of ether oxygens (including phenoxy) is 2. The summed E-state index contributed by atoms with van der Waals surface area (Å²) >= 11 is 0. The molecule has 0 heterocycles. The third-order valence-corrected chi connectivity index (χ3v) is 4.51. The zero-order valence-corrected chi connectivity index (χ0v) is 17.4. The van der Waals surface area contributed by atoms with Crippen molar-refractivity contribution in [3.8, 4) is 5.75 Å². The molecule has 0 fully saturated rings. The first kappa shape index (κ1) is 22.5. The van der Waals surface area contributed by atoms with Crippen molar-refractivity contribution in [1.82, 2.24) is 0 Å². The molecule has 1 amide bonds. The van der Waals surface area contributed by atoms with Gasteiger partial charge in [0.05, 0.1) is 6.61 Å². The van der Waals surface area contributed by atoms with Crippen molar-refractivity contribution in [2.24, 2.45) is 0 Å². The van der Waals surface area contributed by atoms with Crippen LogP contribution in [-0.2, 0) is 16.0 Å². The summed E-state index contributed by atoms with van der Waals surface area (Å²) in [5.41, 5.74) is 2.56. The van der Waals surface area contributed by atoms with Crippen molar-refractivity contribution in [3.05, 3.63) is 59.7 Å². The number of amides is 1.